The van der Waals surface area contributed by atoms with Crippen molar-refractivity contribution in [3.05, 3.63) is 55.6 Å². The van der Waals surface area contributed by atoms with Gasteiger partial charge in [-0.15, -0.1) is 11.3 Å². The van der Waals surface area contributed by atoms with E-state index in [1.54, 1.807) is 17.4 Å². The molecule has 0 bridgehead atoms. The number of carbonyl (C=O) groups excluding carboxylic acids is 1. The van der Waals surface area contributed by atoms with E-state index >= 15 is 0 Å². The highest BCUT2D eigenvalue weighted by atomic mass is 32.1. The number of nitrogens with zero attached hydrogens (tertiary/aromatic N) is 3. The number of likely N-dealkylation sites (N-methyl/N-ethyl adjacent to an activating group) is 1. The van der Waals surface area contributed by atoms with Gasteiger partial charge in [-0.05, 0) is 61.0 Å². The maximum atomic E-state index is 11.6. The van der Waals surface area contributed by atoms with Crippen molar-refractivity contribution in [2.24, 2.45) is 11.7 Å². The SMILES string of the molecule is CC(C)Cc1c2c(nc3ncsc13)CCNCC2.CCN1CCc2cc(C(N)=O)c(=O)[nH]c2CC1. The fraction of sp³-hybridized carbons (Fsp3) is 0.538. The summed E-state index contributed by atoms with van der Waals surface area (Å²) in [4.78, 5) is 37.0. The van der Waals surface area contributed by atoms with Gasteiger partial charge in [0.25, 0.3) is 11.5 Å². The largest absolute Gasteiger partial charge is 0.365 e. The van der Waals surface area contributed by atoms with E-state index in [1.165, 1.54) is 21.5 Å². The summed E-state index contributed by atoms with van der Waals surface area (Å²) in [6, 6.07) is 1.65. The molecule has 3 aromatic heterocycles. The Morgan fingerprint density at radius 1 is 1.20 bits per heavy atom. The molecule has 0 atom stereocenters. The smallest absolute Gasteiger partial charge is 0.261 e. The van der Waals surface area contributed by atoms with Crippen molar-refractivity contribution in [2.45, 2.75) is 52.9 Å². The molecule has 8 nitrogen and oxygen atoms in total. The van der Waals surface area contributed by atoms with E-state index in [2.05, 4.69) is 41.0 Å². The number of H-pyrrole nitrogens is 1. The second-order valence-corrected chi connectivity index (χ2v) is 10.5. The highest BCUT2D eigenvalue weighted by Gasteiger charge is 2.19. The number of nitrogens with one attached hydrogen (secondary N) is 2. The van der Waals surface area contributed by atoms with Crippen LogP contribution in [0.4, 0.5) is 0 Å². The van der Waals surface area contributed by atoms with Gasteiger partial charge >= 0.3 is 0 Å². The molecule has 2 aliphatic heterocycles. The molecule has 4 N–H and O–H groups in total. The molecular formula is C26H36N6O2S. The van der Waals surface area contributed by atoms with Crippen molar-refractivity contribution >= 4 is 27.6 Å². The summed E-state index contributed by atoms with van der Waals surface area (Å²) < 4.78 is 1.31. The quantitative estimate of drug-likeness (QED) is 0.511. The zero-order valence-corrected chi connectivity index (χ0v) is 21.8. The molecule has 5 heterocycles. The number of amides is 1. The molecule has 2 aliphatic rings. The number of primary amides is 1. The summed E-state index contributed by atoms with van der Waals surface area (Å²) in [6.07, 6.45) is 4.95. The molecule has 1 amide bonds. The van der Waals surface area contributed by atoms with Crippen LogP contribution in [-0.2, 0) is 32.1 Å². The molecule has 0 saturated carbocycles. The van der Waals surface area contributed by atoms with Crippen LogP contribution in [0.15, 0.2) is 16.4 Å². The highest BCUT2D eigenvalue weighted by Crippen LogP contribution is 2.29. The van der Waals surface area contributed by atoms with Crippen molar-refractivity contribution < 1.29 is 4.79 Å². The average molecular weight is 497 g/mol. The zero-order chi connectivity index (χ0) is 24.9. The number of aromatic amines is 1. The van der Waals surface area contributed by atoms with E-state index in [4.69, 9.17) is 10.7 Å². The second kappa shape index (κ2) is 11.4. The maximum absolute atomic E-state index is 11.6. The van der Waals surface area contributed by atoms with Gasteiger partial charge in [-0.2, -0.15) is 0 Å². The third kappa shape index (κ3) is 5.97. The van der Waals surface area contributed by atoms with E-state index in [1.807, 2.05) is 5.51 Å². The lowest BCUT2D eigenvalue weighted by atomic mass is 9.95. The molecule has 0 radical (unpaired) electrons. The van der Waals surface area contributed by atoms with E-state index in [9.17, 15) is 9.59 Å². The van der Waals surface area contributed by atoms with Crippen molar-refractivity contribution in [3.63, 3.8) is 0 Å². The third-order valence-electron chi connectivity index (χ3n) is 6.78. The summed E-state index contributed by atoms with van der Waals surface area (Å²) in [5, 5.41) is 3.46. The molecule has 0 saturated heterocycles. The maximum Gasteiger partial charge on any atom is 0.261 e. The minimum Gasteiger partial charge on any atom is -0.365 e. The Labute approximate surface area is 210 Å². The van der Waals surface area contributed by atoms with Crippen molar-refractivity contribution in [1.82, 2.24) is 25.2 Å². The van der Waals surface area contributed by atoms with Gasteiger partial charge < -0.3 is 20.9 Å². The van der Waals surface area contributed by atoms with Crippen LogP contribution in [0.3, 0.4) is 0 Å². The molecule has 3 aromatic rings. The van der Waals surface area contributed by atoms with Crippen LogP contribution in [0, 0.1) is 5.92 Å². The minimum atomic E-state index is -0.661. The first-order valence-corrected chi connectivity index (χ1v) is 13.5. The van der Waals surface area contributed by atoms with Crippen molar-refractivity contribution in [3.8, 4) is 0 Å². The number of pyridine rings is 2. The fourth-order valence-corrected chi connectivity index (χ4v) is 5.73. The number of carbonyl (C=O) groups is 1. The van der Waals surface area contributed by atoms with E-state index in [0.717, 1.165) is 81.7 Å². The lowest BCUT2D eigenvalue weighted by Crippen LogP contribution is -2.26. The zero-order valence-electron chi connectivity index (χ0n) is 20.9. The Morgan fingerprint density at radius 3 is 2.71 bits per heavy atom. The van der Waals surface area contributed by atoms with E-state index in [0.29, 0.717) is 5.92 Å². The molecule has 0 unspecified atom stereocenters. The molecule has 0 aromatic carbocycles. The number of aromatic nitrogens is 3. The highest BCUT2D eigenvalue weighted by molar-refractivity contribution is 7.16. The molecule has 188 valence electrons. The van der Waals surface area contributed by atoms with Crippen LogP contribution in [0.25, 0.3) is 10.3 Å². The lowest BCUT2D eigenvalue weighted by Gasteiger charge is -2.16. The van der Waals surface area contributed by atoms with Gasteiger partial charge in [-0.25, -0.2) is 9.97 Å². The number of nitrogens with two attached hydrogens (primary N) is 1. The summed E-state index contributed by atoms with van der Waals surface area (Å²) >= 11 is 1.74. The third-order valence-corrected chi connectivity index (χ3v) is 7.66. The van der Waals surface area contributed by atoms with Gasteiger partial charge in [0.05, 0.1) is 10.2 Å². The molecule has 9 heteroatoms. The molecule has 35 heavy (non-hydrogen) atoms. The summed E-state index contributed by atoms with van der Waals surface area (Å²) in [5.41, 5.74) is 14.0. The van der Waals surface area contributed by atoms with Crippen molar-refractivity contribution in [1.29, 1.82) is 0 Å². The Balaban J connectivity index is 0.000000165. The first kappa shape index (κ1) is 25.5. The molecule has 0 fully saturated rings. The number of hydrogen-bond acceptors (Lipinski definition) is 7. The summed E-state index contributed by atoms with van der Waals surface area (Å²) in [6.45, 7) is 11.7. The molecular weight excluding hydrogens is 460 g/mol. The van der Waals surface area contributed by atoms with Crippen LogP contribution < -0.4 is 16.6 Å². The fourth-order valence-electron chi connectivity index (χ4n) is 4.92. The number of thiazole rings is 1. The van der Waals surface area contributed by atoms with Gasteiger partial charge in [0, 0.05) is 43.9 Å². The molecule has 5 rings (SSSR count). The topological polar surface area (TPSA) is 117 Å². The average Bonchev–Trinajstić information content (AvgIpc) is 3.04. The van der Waals surface area contributed by atoms with Crippen LogP contribution in [0.1, 0.15) is 59.2 Å². The lowest BCUT2D eigenvalue weighted by molar-refractivity contribution is 0.0998. The monoisotopic (exact) mass is 496 g/mol. The Hall–Kier alpha value is -2.62. The van der Waals surface area contributed by atoms with Gasteiger partial charge in [0.2, 0.25) is 0 Å². The van der Waals surface area contributed by atoms with Gasteiger partial charge in [0.1, 0.15) is 5.56 Å². The van der Waals surface area contributed by atoms with Crippen LogP contribution >= 0.6 is 11.3 Å². The summed E-state index contributed by atoms with van der Waals surface area (Å²) in [7, 11) is 0. The number of fused-ring (bicyclic) bond motifs is 3. The van der Waals surface area contributed by atoms with Crippen LogP contribution in [-0.4, -0.2) is 58.5 Å². The molecule has 0 aliphatic carbocycles. The second-order valence-electron chi connectivity index (χ2n) is 9.68. The predicted molar refractivity (Wildman–Crippen MR) is 141 cm³/mol. The standard InChI is InChI=1S/C14H19N3S.C12H17N3O2/c1-9(2)7-11-10-3-5-15-6-4-12(10)17-14-13(11)18-8-16-14;1-2-15-5-3-8-7-9(11(13)16)12(17)14-10(8)4-6-15/h8-9,15H,3-7H2,1-2H3;7H,2-6H2,1H3,(H2,13,16)(H,14,17). The van der Waals surface area contributed by atoms with Crippen molar-refractivity contribution in [2.75, 3.05) is 32.7 Å². The summed E-state index contributed by atoms with van der Waals surface area (Å²) in [5.74, 6) is 0.0173. The van der Waals surface area contributed by atoms with Crippen LogP contribution in [0.5, 0.6) is 0 Å². The van der Waals surface area contributed by atoms with Gasteiger partial charge in [-0.3, -0.25) is 9.59 Å². The Morgan fingerprint density at radius 2 is 1.97 bits per heavy atom. The van der Waals surface area contributed by atoms with E-state index < -0.39 is 5.91 Å². The van der Waals surface area contributed by atoms with Gasteiger partial charge in [-0.1, -0.05) is 20.8 Å². The first-order chi connectivity index (χ1) is 16.9. The Bertz CT molecular complexity index is 1250. The van der Waals surface area contributed by atoms with Gasteiger partial charge in [0.15, 0.2) is 5.65 Å². The number of hydrogen-bond donors (Lipinski definition) is 3. The first-order valence-electron chi connectivity index (χ1n) is 12.6. The minimum absolute atomic E-state index is 0.0636. The van der Waals surface area contributed by atoms with E-state index in [-0.39, 0.29) is 11.1 Å². The predicted octanol–water partition coefficient (Wildman–Crippen LogP) is 2.47. The van der Waals surface area contributed by atoms with Crippen LogP contribution in [0.2, 0.25) is 0 Å². The normalized spacial score (nSPS) is 16.1. The Kier molecular flexibility index (Phi) is 8.30. The molecule has 0 spiro atoms. The number of rotatable bonds is 4.